The van der Waals surface area contributed by atoms with Crippen LogP contribution in [0.1, 0.15) is 46.6 Å². The van der Waals surface area contributed by atoms with Crippen molar-refractivity contribution in [3.8, 4) is 0 Å². The summed E-state index contributed by atoms with van der Waals surface area (Å²) in [5.41, 5.74) is 4.11. The molecule has 0 heterocycles. The van der Waals surface area contributed by atoms with Gasteiger partial charge in [0, 0.05) is 5.41 Å². The molecule has 29 heavy (non-hydrogen) atoms. The van der Waals surface area contributed by atoms with Gasteiger partial charge in [-0.1, -0.05) is 17.7 Å². The van der Waals surface area contributed by atoms with Crippen LogP contribution >= 0.6 is 0 Å². The Hall–Kier alpha value is -1.75. The second-order valence-electron chi connectivity index (χ2n) is 7.78. The first-order valence-corrected chi connectivity index (χ1v) is 12.0. The molecule has 0 aliphatic carbocycles. The van der Waals surface area contributed by atoms with E-state index in [0.29, 0.717) is 0 Å². The minimum absolute atomic E-state index is 0.0708. The number of esters is 1. The van der Waals surface area contributed by atoms with Crippen LogP contribution in [0.15, 0.2) is 40.6 Å². The van der Waals surface area contributed by atoms with Gasteiger partial charge in [-0.25, -0.2) is 16.8 Å². The summed E-state index contributed by atoms with van der Waals surface area (Å²) in [4.78, 5) is 11.3. The molecule has 1 aromatic carbocycles. The third-order valence-electron chi connectivity index (χ3n) is 3.36. The number of benzene rings is 1. The van der Waals surface area contributed by atoms with Crippen LogP contribution in [-0.2, 0) is 29.5 Å². The van der Waals surface area contributed by atoms with Crippen LogP contribution in [0.25, 0.3) is 0 Å². The zero-order chi connectivity index (χ0) is 23.0. The van der Waals surface area contributed by atoms with E-state index in [1.165, 1.54) is 18.2 Å². The average molecular weight is 450 g/mol. The highest BCUT2D eigenvalue weighted by atomic mass is 32.2. The third kappa shape index (κ3) is 12.4. The highest BCUT2D eigenvalue weighted by molar-refractivity contribution is 7.94. The van der Waals surface area contributed by atoms with E-state index >= 15 is 0 Å². The molecule has 0 fully saturated rings. The van der Waals surface area contributed by atoms with Crippen molar-refractivity contribution in [2.75, 3.05) is 0 Å². The predicted octanol–water partition coefficient (Wildman–Crippen LogP) is 1.56. The number of hydrogen-bond acceptors (Lipinski definition) is 7. The Morgan fingerprint density at radius 2 is 1.62 bits per heavy atom. The molecule has 10 heteroatoms. The summed E-state index contributed by atoms with van der Waals surface area (Å²) in [5.74, 6) is -0.380. The summed E-state index contributed by atoms with van der Waals surface area (Å²) >= 11 is 0. The lowest BCUT2D eigenvalue weighted by atomic mass is 10.2. The predicted molar refractivity (Wildman–Crippen MR) is 109 cm³/mol. The van der Waals surface area contributed by atoms with Crippen LogP contribution in [0.3, 0.4) is 0 Å². The highest BCUT2D eigenvalue weighted by Gasteiger charge is 2.20. The topological polar surface area (TPSA) is 145 Å². The van der Waals surface area contributed by atoms with E-state index < -0.39 is 36.8 Å². The Morgan fingerprint density at radius 3 is 2.00 bits per heavy atom. The molecule has 0 radical (unpaired) electrons. The van der Waals surface area contributed by atoms with E-state index in [1.807, 2.05) is 6.92 Å². The van der Waals surface area contributed by atoms with Crippen molar-refractivity contribution in [2.24, 2.45) is 0 Å². The fraction of sp³-hybridized carbons (Fsp3) is 0.526. The van der Waals surface area contributed by atoms with Gasteiger partial charge in [0.2, 0.25) is 0 Å². The zero-order valence-corrected chi connectivity index (χ0v) is 19.3. The molecule has 0 saturated carbocycles. The molecule has 8 nitrogen and oxygen atoms in total. The van der Waals surface area contributed by atoms with Crippen LogP contribution in [-0.4, -0.2) is 44.3 Å². The van der Waals surface area contributed by atoms with E-state index in [1.54, 1.807) is 46.8 Å². The molecule has 1 aromatic rings. The molecular weight excluding hydrogens is 418 g/mol. The summed E-state index contributed by atoms with van der Waals surface area (Å²) in [6, 6.07) is 5.37. The molecule has 0 aliphatic rings. The van der Waals surface area contributed by atoms with Gasteiger partial charge in [0.05, 0.1) is 10.1 Å². The van der Waals surface area contributed by atoms with Gasteiger partial charge in [-0.15, -0.1) is 0 Å². The Morgan fingerprint density at radius 1 is 1.14 bits per heavy atom. The molecular formula is C19H31NO7S2. The van der Waals surface area contributed by atoms with Crippen LogP contribution in [0.4, 0.5) is 0 Å². The largest absolute Gasteiger partial charge is 0.744 e. The Kier molecular flexibility index (Phi) is 10.2. The molecule has 0 spiro atoms. The van der Waals surface area contributed by atoms with Crippen molar-refractivity contribution in [2.45, 2.75) is 69.8 Å². The SMILES string of the molecule is CC(C)S(=O)(=O)/C=C/[C@@H]([NH3+])CC(=O)OC(C)(C)C.Cc1ccc(S(=O)(=O)[O-])cc1. The molecule has 1 rings (SSSR count). The quantitative estimate of drug-likeness (QED) is 0.512. The van der Waals surface area contributed by atoms with Gasteiger partial charge >= 0.3 is 5.97 Å². The maximum absolute atomic E-state index is 11.5. The van der Waals surface area contributed by atoms with Gasteiger partial charge in [-0.3, -0.25) is 4.79 Å². The maximum Gasteiger partial charge on any atom is 0.312 e. The van der Waals surface area contributed by atoms with Crippen LogP contribution in [0.2, 0.25) is 0 Å². The average Bonchev–Trinajstić information content (AvgIpc) is 2.51. The third-order valence-corrected chi connectivity index (χ3v) is 6.06. The lowest BCUT2D eigenvalue weighted by Gasteiger charge is -2.19. The summed E-state index contributed by atoms with van der Waals surface area (Å²) in [6.45, 7) is 10.4. The number of carbonyl (C=O) groups excluding carboxylic acids is 1. The number of quaternary nitrogens is 1. The molecule has 3 N–H and O–H groups in total. The number of sulfone groups is 1. The van der Waals surface area contributed by atoms with E-state index in [4.69, 9.17) is 4.74 Å². The number of carbonyl (C=O) groups is 1. The van der Waals surface area contributed by atoms with Gasteiger partial charge in [0.1, 0.15) is 28.2 Å². The number of hydrogen-bond donors (Lipinski definition) is 1. The van der Waals surface area contributed by atoms with Gasteiger partial charge < -0.3 is 15.0 Å². The van der Waals surface area contributed by atoms with Gasteiger partial charge in [-0.05, 0) is 59.8 Å². The van der Waals surface area contributed by atoms with Crippen molar-refractivity contribution in [3.05, 3.63) is 41.3 Å². The monoisotopic (exact) mass is 449 g/mol. The molecule has 0 aliphatic heterocycles. The van der Waals surface area contributed by atoms with Crippen LogP contribution in [0, 0.1) is 6.92 Å². The fourth-order valence-electron chi connectivity index (χ4n) is 1.75. The summed E-state index contributed by atoms with van der Waals surface area (Å²) in [6.07, 6.45) is 1.50. The Labute approximate surface area is 173 Å². The van der Waals surface area contributed by atoms with E-state index in [2.05, 4.69) is 5.73 Å². The van der Waals surface area contributed by atoms with E-state index in [0.717, 1.165) is 11.0 Å². The minimum atomic E-state index is -4.27. The molecule has 0 saturated heterocycles. The standard InChI is InChI=1S/C12H23NO4S.C7H8O3S/c1-9(2)18(15,16)7-6-10(13)8-11(14)17-12(3,4)5;1-6-2-4-7(5-3-6)11(8,9)10/h6-7,9-10H,8,13H2,1-5H3;2-5H,1H3,(H,8,9,10)/b7-6+;/t10-;/m1./s1. The normalized spacial score (nSPS) is 13.7. The van der Waals surface area contributed by atoms with Crippen molar-refractivity contribution < 1.29 is 36.7 Å². The highest BCUT2D eigenvalue weighted by Crippen LogP contribution is 2.10. The van der Waals surface area contributed by atoms with E-state index in [9.17, 15) is 26.2 Å². The Bertz CT molecular complexity index is 895. The smallest absolute Gasteiger partial charge is 0.312 e. The van der Waals surface area contributed by atoms with Crippen molar-refractivity contribution in [3.63, 3.8) is 0 Å². The Balaban J connectivity index is 0.000000604. The van der Waals surface area contributed by atoms with E-state index in [-0.39, 0.29) is 17.3 Å². The summed E-state index contributed by atoms with van der Waals surface area (Å²) in [5, 5.41) is 0.655. The second-order valence-corrected chi connectivity index (χ2v) is 11.6. The van der Waals surface area contributed by atoms with Gasteiger partial charge in [0.15, 0.2) is 9.84 Å². The molecule has 0 unspecified atom stereocenters. The molecule has 166 valence electrons. The summed E-state index contributed by atoms with van der Waals surface area (Å²) < 4.78 is 59.3. The first-order chi connectivity index (χ1) is 12.9. The van der Waals surface area contributed by atoms with Gasteiger partial charge in [-0.2, -0.15) is 0 Å². The molecule has 0 aromatic heterocycles. The lowest BCUT2D eigenvalue weighted by Crippen LogP contribution is -2.60. The van der Waals surface area contributed by atoms with Crippen molar-refractivity contribution >= 4 is 25.9 Å². The zero-order valence-electron chi connectivity index (χ0n) is 17.7. The number of rotatable bonds is 6. The molecule has 0 amide bonds. The number of ether oxygens (including phenoxy) is 1. The summed E-state index contributed by atoms with van der Waals surface area (Å²) in [7, 11) is -7.51. The molecule has 0 bridgehead atoms. The fourth-order valence-corrected chi connectivity index (χ4v) is 2.97. The first kappa shape index (κ1) is 27.2. The first-order valence-electron chi connectivity index (χ1n) is 8.93. The molecule has 1 atom stereocenters. The minimum Gasteiger partial charge on any atom is -0.744 e. The number of aryl methyl sites for hydroxylation is 1. The lowest BCUT2D eigenvalue weighted by molar-refractivity contribution is -0.402. The van der Waals surface area contributed by atoms with Crippen molar-refractivity contribution in [1.29, 1.82) is 0 Å². The van der Waals surface area contributed by atoms with Crippen LogP contribution in [0.5, 0.6) is 0 Å². The van der Waals surface area contributed by atoms with Gasteiger partial charge in [0.25, 0.3) is 0 Å². The maximum atomic E-state index is 11.5. The van der Waals surface area contributed by atoms with Crippen molar-refractivity contribution in [1.82, 2.24) is 0 Å². The van der Waals surface area contributed by atoms with Crippen LogP contribution < -0.4 is 5.73 Å². The second kappa shape index (κ2) is 10.9.